The van der Waals surface area contributed by atoms with Gasteiger partial charge in [0.15, 0.2) is 6.20 Å². The van der Waals surface area contributed by atoms with Crippen LogP contribution in [0.1, 0.15) is 66.2 Å². The van der Waals surface area contributed by atoms with Gasteiger partial charge in [-0.2, -0.15) is 5.06 Å². The van der Waals surface area contributed by atoms with Gasteiger partial charge in [0.2, 0.25) is 5.58 Å². The van der Waals surface area contributed by atoms with Crippen LogP contribution in [0.3, 0.4) is 0 Å². The van der Waals surface area contributed by atoms with Crippen LogP contribution in [0.25, 0.3) is 11.0 Å². The quantitative estimate of drug-likeness (QED) is 0.523. The summed E-state index contributed by atoms with van der Waals surface area (Å²) in [4.78, 5) is 14.7. The maximum absolute atomic E-state index is 11.2. The van der Waals surface area contributed by atoms with Crippen LogP contribution >= 0.6 is 0 Å². The Morgan fingerprint density at radius 1 is 1.21 bits per heavy atom. The van der Waals surface area contributed by atoms with Crippen molar-refractivity contribution in [2.75, 3.05) is 5.32 Å². The molecule has 9 nitrogen and oxygen atoms in total. The number of anilines is 1. The molecule has 0 radical (unpaired) electrons. The molecule has 2 aromatic heterocycles. The van der Waals surface area contributed by atoms with Crippen LogP contribution in [0.2, 0.25) is 0 Å². The molecule has 2 N–H and O–H groups in total. The summed E-state index contributed by atoms with van der Waals surface area (Å²) in [5, 5.41) is 31.4. The van der Waals surface area contributed by atoms with E-state index in [0.717, 1.165) is 38.5 Å². The van der Waals surface area contributed by atoms with Gasteiger partial charge in [0.05, 0.1) is 6.20 Å². The molecule has 1 aliphatic heterocycles. The number of nitrogens with zero attached hydrogens (tertiary/aromatic N) is 4. The third kappa shape index (κ3) is 3.12. The Hall–Kier alpha value is -2.26. The minimum atomic E-state index is -0.536. The Bertz CT molecular complexity index is 822. The standard InChI is InChI=1S/C19H29N5O4/c1-5-18(6-2)9-13(10-19(7-3,8-4)24(18)27)22-15-12-20-17(23(25)26)14-11-21-28-16(14)15/h11-13,22,27H,5-10H2,1-4H3. The van der Waals surface area contributed by atoms with Crippen molar-refractivity contribution in [1.82, 2.24) is 15.2 Å². The molecule has 0 atom stereocenters. The number of nitrogens with one attached hydrogen (secondary N) is 1. The lowest BCUT2D eigenvalue weighted by atomic mass is 9.71. The summed E-state index contributed by atoms with van der Waals surface area (Å²) in [5.41, 5.74) is 0.287. The van der Waals surface area contributed by atoms with Crippen LogP contribution in [0.15, 0.2) is 16.9 Å². The van der Waals surface area contributed by atoms with E-state index in [1.807, 2.05) is 0 Å². The van der Waals surface area contributed by atoms with Gasteiger partial charge in [0, 0.05) is 17.1 Å². The first kappa shape index (κ1) is 20.5. The van der Waals surface area contributed by atoms with Crippen molar-refractivity contribution in [2.45, 2.75) is 83.3 Å². The first-order valence-corrected chi connectivity index (χ1v) is 9.99. The fourth-order valence-electron chi connectivity index (χ4n) is 4.76. The van der Waals surface area contributed by atoms with Crippen molar-refractivity contribution in [3.8, 4) is 0 Å². The molecule has 0 aliphatic carbocycles. The van der Waals surface area contributed by atoms with Gasteiger partial charge in [0.1, 0.15) is 11.1 Å². The second-order valence-corrected chi connectivity index (χ2v) is 7.75. The molecule has 0 unspecified atom stereocenters. The maximum atomic E-state index is 11.2. The number of hydrogen-bond acceptors (Lipinski definition) is 8. The largest absolute Gasteiger partial charge is 0.376 e. The van der Waals surface area contributed by atoms with Crippen LogP contribution in [-0.4, -0.2) is 42.5 Å². The molecule has 2 aromatic rings. The fourth-order valence-corrected chi connectivity index (χ4v) is 4.76. The Morgan fingerprint density at radius 2 is 1.79 bits per heavy atom. The Kier molecular flexibility index (Phi) is 5.58. The summed E-state index contributed by atoms with van der Waals surface area (Å²) < 4.78 is 5.30. The van der Waals surface area contributed by atoms with Crippen molar-refractivity contribution in [1.29, 1.82) is 0 Å². The third-order valence-electron chi connectivity index (χ3n) is 6.69. The molecule has 0 amide bonds. The minimum absolute atomic E-state index is 0.0692. The molecule has 3 rings (SSSR count). The normalized spacial score (nSPS) is 19.8. The molecule has 3 heterocycles. The molecule has 1 fully saturated rings. The summed E-state index contributed by atoms with van der Waals surface area (Å²) in [7, 11) is 0. The summed E-state index contributed by atoms with van der Waals surface area (Å²) in [6, 6.07) is 0.0692. The SMILES string of the molecule is CCC1(CC)CC(Nc2cnc([N+](=O)[O-])c3cnoc23)CC(CC)(CC)N1O. The summed E-state index contributed by atoms with van der Waals surface area (Å²) in [6.07, 6.45) is 7.59. The van der Waals surface area contributed by atoms with E-state index < -0.39 is 4.92 Å². The molecule has 28 heavy (non-hydrogen) atoms. The average molecular weight is 391 g/mol. The summed E-state index contributed by atoms with van der Waals surface area (Å²) in [6.45, 7) is 8.42. The third-order valence-corrected chi connectivity index (χ3v) is 6.69. The molecule has 0 spiro atoms. The average Bonchev–Trinajstić information content (AvgIpc) is 3.19. The van der Waals surface area contributed by atoms with E-state index >= 15 is 0 Å². The zero-order chi connectivity index (χ0) is 20.5. The van der Waals surface area contributed by atoms with Gasteiger partial charge in [-0.3, -0.25) is 0 Å². The lowest BCUT2D eigenvalue weighted by molar-refractivity contribution is -0.387. The zero-order valence-electron chi connectivity index (χ0n) is 16.9. The summed E-state index contributed by atoms with van der Waals surface area (Å²) >= 11 is 0. The van der Waals surface area contributed by atoms with Crippen molar-refractivity contribution < 1.29 is 14.7 Å². The second kappa shape index (κ2) is 7.63. The molecule has 0 bridgehead atoms. The number of aromatic nitrogens is 2. The van der Waals surface area contributed by atoms with E-state index in [-0.39, 0.29) is 28.3 Å². The topological polar surface area (TPSA) is 118 Å². The van der Waals surface area contributed by atoms with Gasteiger partial charge in [-0.25, -0.2) is 0 Å². The minimum Gasteiger partial charge on any atom is -0.376 e. The monoisotopic (exact) mass is 391 g/mol. The highest BCUT2D eigenvalue weighted by molar-refractivity contribution is 5.93. The summed E-state index contributed by atoms with van der Waals surface area (Å²) in [5.74, 6) is -0.264. The van der Waals surface area contributed by atoms with Crippen LogP contribution < -0.4 is 5.32 Å². The van der Waals surface area contributed by atoms with Crippen LogP contribution in [0.4, 0.5) is 11.5 Å². The number of hydroxylamine groups is 2. The molecule has 1 saturated heterocycles. The second-order valence-electron chi connectivity index (χ2n) is 7.75. The molecule has 154 valence electrons. The lowest BCUT2D eigenvalue weighted by Gasteiger charge is -2.56. The van der Waals surface area contributed by atoms with E-state index in [0.29, 0.717) is 11.3 Å². The number of piperidine rings is 1. The smallest absolute Gasteiger partial charge is 0.376 e. The van der Waals surface area contributed by atoms with Crippen LogP contribution in [-0.2, 0) is 0 Å². The lowest BCUT2D eigenvalue weighted by Crippen LogP contribution is -2.65. The molecule has 0 aromatic carbocycles. The van der Waals surface area contributed by atoms with Crippen molar-refractivity contribution in [2.24, 2.45) is 0 Å². The van der Waals surface area contributed by atoms with Crippen LogP contribution in [0.5, 0.6) is 0 Å². The Balaban J connectivity index is 1.98. The van der Waals surface area contributed by atoms with Gasteiger partial charge in [-0.15, -0.1) is 0 Å². The maximum Gasteiger partial charge on any atom is 0.376 e. The highest BCUT2D eigenvalue weighted by Crippen LogP contribution is 2.45. The van der Waals surface area contributed by atoms with Gasteiger partial charge in [-0.05, 0) is 48.4 Å². The predicted molar refractivity (Wildman–Crippen MR) is 105 cm³/mol. The number of nitro groups is 1. The highest BCUT2D eigenvalue weighted by Gasteiger charge is 2.51. The van der Waals surface area contributed by atoms with Gasteiger partial charge < -0.3 is 25.2 Å². The predicted octanol–water partition coefficient (Wildman–Crippen LogP) is 4.51. The molecular formula is C19H29N5O4. The first-order chi connectivity index (χ1) is 13.4. The Morgan fingerprint density at radius 3 is 2.29 bits per heavy atom. The molecule has 1 aliphatic rings. The number of pyridine rings is 1. The van der Waals surface area contributed by atoms with Gasteiger partial charge in [0.25, 0.3) is 0 Å². The van der Waals surface area contributed by atoms with Crippen molar-refractivity contribution >= 4 is 22.5 Å². The van der Waals surface area contributed by atoms with Gasteiger partial charge >= 0.3 is 5.82 Å². The first-order valence-electron chi connectivity index (χ1n) is 9.99. The van der Waals surface area contributed by atoms with Gasteiger partial charge in [-0.1, -0.05) is 32.9 Å². The Labute approximate surface area is 164 Å². The van der Waals surface area contributed by atoms with E-state index in [1.165, 1.54) is 12.4 Å². The van der Waals surface area contributed by atoms with E-state index in [4.69, 9.17) is 4.52 Å². The van der Waals surface area contributed by atoms with Crippen molar-refractivity contribution in [3.63, 3.8) is 0 Å². The molecular weight excluding hydrogens is 362 g/mol. The number of fused-ring (bicyclic) bond motifs is 1. The van der Waals surface area contributed by atoms with E-state index in [9.17, 15) is 15.3 Å². The zero-order valence-corrected chi connectivity index (χ0v) is 16.9. The van der Waals surface area contributed by atoms with Crippen molar-refractivity contribution in [3.05, 3.63) is 22.5 Å². The number of hydrogen-bond donors (Lipinski definition) is 2. The molecule has 0 saturated carbocycles. The van der Waals surface area contributed by atoms with E-state index in [1.54, 1.807) is 5.06 Å². The fraction of sp³-hybridized carbons (Fsp3) is 0.684. The van der Waals surface area contributed by atoms with Crippen LogP contribution in [0, 0.1) is 10.1 Å². The van der Waals surface area contributed by atoms with E-state index in [2.05, 4.69) is 43.2 Å². The number of rotatable bonds is 7. The molecule has 9 heteroatoms. The highest BCUT2D eigenvalue weighted by atomic mass is 16.6.